The molecule has 4 aromatic carbocycles. The largest absolute Gasteiger partial charge is 0.299 e. The lowest BCUT2D eigenvalue weighted by Gasteiger charge is -2.11. The van der Waals surface area contributed by atoms with Gasteiger partial charge in [0.25, 0.3) is 0 Å². The van der Waals surface area contributed by atoms with E-state index in [0.29, 0.717) is 17.5 Å². The maximum absolute atomic E-state index is 4.90. The fourth-order valence-corrected chi connectivity index (χ4v) is 4.65. The normalized spacial score (nSPS) is 11.4. The lowest BCUT2D eigenvalue weighted by molar-refractivity contribution is 1.07. The number of nitrogens with zero attached hydrogens (tertiary/aromatic N) is 5. The van der Waals surface area contributed by atoms with Gasteiger partial charge in [0.1, 0.15) is 5.65 Å². The fourth-order valence-electron chi connectivity index (χ4n) is 4.65. The van der Waals surface area contributed by atoms with E-state index in [1.54, 1.807) is 0 Å². The molecule has 164 valence electrons. The van der Waals surface area contributed by atoms with E-state index in [2.05, 4.69) is 51.8 Å². The van der Waals surface area contributed by atoms with Gasteiger partial charge in [-0.1, -0.05) is 84.9 Å². The molecule has 0 fully saturated rings. The molecule has 7 aromatic rings. The summed E-state index contributed by atoms with van der Waals surface area (Å²) < 4.78 is 2.14. The number of pyridine rings is 1. The molecule has 35 heavy (non-hydrogen) atoms. The second-order valence-corrected chi connectivity index (χ2v) is 8.44. The monoisotopic (exact) mass is 449 g/mol. The summed E-state index contributed by atoms with van der Waals surface area (Å²) in [6, 6.07) is 34.9. The van der Waals surface area contributed by atoms with Gasteiger partial charge in [-0.15, -0.1) is 0 Å². The predicted octanol–water partition coefficient (Wildman–Crippen LogP) is 6.83. The number of imidazole rings is 1. The summed E-state index contributed by atoms with van der Waals surface area (Å²) in [4.78, 5) is 19.2. The third-order valence-electron chi connectivity index (χ3n) is 6.31. The molecule has 0 aliphatic carbocycles. The maximum Gasteiger partial charge on any atom is 0.164 e. The topological polar surface area (TPSA) is 56.0 Å². The second kappa shape index (κ2) is 7.85. The molecule has 0 aliphatic rings. The van der Waals surface area contributed by atoms with E-state index in [4.69, 9.17) is 15.0 Å². The molecular weight excluding hydrogens is 430 g/mol. The van der Waals surface area contributed by atoms with Crippen LogP contribution in [0.2, 0.25) is 0 Å². The Bertz CT molecular complexity index is 1780. The van der Waals surface area contributed by atoms with Crippen molar-refractivity contribution in [2.24, 2.45) is 0 Å². The summed E-state index contributed by atoms with van der Waals surface area (Å²) in [5.74, 6) is 1.96. The number of aromatic nitrogens is 5. The fraction of sp³-hybridized carbons (Fsp3) is 0. The van der Waals surface area contributed by atoms with Gasteiger partial charge in [-0.2, -0.15) is 0 Å². The molecule has 5 nitrogen and oxygen atoms in total. The molecule has 0 bridgehead atoms. The van der Waals surface area contributed by atoms with Crippen molar-refractivity contribution in [1.82, 2.24) is 24.3 Å². The standard InChI is InChI=1S/C30H19N5/c1-3-9-20(10-4-1)27-32-28(21-11-5-2-6-12-21)34-29(33-27)22-15-16-26-25(19-22)23-13-7-8-14-24(23)30-31-17-18-35(26)30/h1-19H. The van der Waals surface area contributed by atoms with E-state index in [-0.39, 0.29) is 0 Å². The van der Waals surface area contributed by atoms with Crippen LogP contribution in [0.15, 0.2) is 116 Å². The molecule has 0 N–H and O–H groups in total. The van der Waals surface area contributed by atoms with Crippen LogP contribution >= 0.6 is 0 Å². The van der Waals surface area contributed by atoms with E-state index in [0.717, 1.165) is 44.0 Å². The first kappa shape index (κ1) is 19.6. The van der Waals surface area contributed by atoms with Crippen molar-refractivity contribution < 1.29 is 0 Å². The molecule has 0 radical (unpaired) electrons. The van der Waals surface area contributed by atoms with Crippen LogP contribution in [0, 0.1) is 0 Å². The molecule has 0 saturated heterocycles. The zero-order valence-corrected chi connectivity index (χ0v) is 18.7. The quantitative estimate of drug-likeness (QED) is 0.278. The number of benzene rings is 4. The van der Waals surface area contributed by atoms with Crippen molar-refractivity contribution in [3.8, 4) is 34.2 Å². The van der Waals surface area contributed by atoms with Crippen LogP contribution in [0.1, 0.15) is 0 Å². The van der Waals surface area contributed by atoms with Crippen molar-refractivity contribution in [2.75, 3.05) is 0 Å². The molecule has 7 rings (SSSR count). The summed E-state index contributed by atoms with van der Waals surface area (Å²) in [6.45, 7) is 0. The van der Waals surface area contributed by atoms with Gasteiger partial charge < -0.3 is 0 Å². The summed E-state index contributed by atoms with van der Waals surface area (Å²) in [5.41, 5.74) is 4.91. The van der Waals surface area contributed by atoms with Gasteiger partial charge >= 0.3 is 0 Å². The van der Waals surface area contributed by atoms with Crippen molar-refractivity contribution >= 4 is 27.3 Å². The van der Waals surface area contributed by atoms with Gasteiger partial charge in [-0.25, -0.2) is 19.9 Å². The first-order valence-corrected chi connectivity index (χ1v) is 11.5. The number of hydrogen-bond acceptors (Lipinski definition) is 4. The first-order valence-electron chi connectivity index (χ1n) is 11.5. The van der Waals surface area contributed by atoms with Crippen LogP contribution in [-0.4, -0.2) is 24.3 Å². The molecular formula is C30H19N5. The van der Waals surface area contributed by atoms with Crippen molar-refractivity contribution in [3.63, 3.8) is 0 Å². The van der Waals surface area contributed by atoms with Crippen LogP contribution in [0.4, 0.5) is 0 Å². The average Bonchev–Trinajstić information content (AvgIpc) is 3.44. The Labute approximate surface area is 201 Å². The van der Waals surface area contributed by atoms with Crippen molar-refractivity contribution in [2.45, 2.75) is 0 Å². The minimum absolute atomic E-state index is 0.648. The van der Waals surface area contributed by atoms with Crippen LogP contribution in [0.5, 0.6) is 0 Å². The molecule has 0 spiro atoms. The Balaban J connectivity index is 1.50. The highest BCUT2D eigenvalue weighted by Gasteiger charge is 2.14. The third-order valence-corrected chi connectivity index (χ3v) is 6.31. The summed E-state index contributed by atoms with van der Waals surface area (Å²) in [6.07, 6.45) is 3.85. The Morgan fingerprint density at radius 3 is 1.71 bits per heavy atom. The van der Waals surface area contributed by atoms with E-state index < -0.39 is 0 Å². The summed E-state index contributed by atoms with van der Waals surface area (Å²) in [7, 11) is 0. The molecule has 5 heteroatoms. The predicted molar refractivity (Wildman–Crippen MR) is 140 cm³/mol. The van der Waals surface area contributed by atoms with E-state index in [1.807, 2.05) is 73.1 Å². The molecule has 0 unspecified atom stereocenters. The minimum Gasteiger partial charge on any atom is -0.299 e. The van der Waals surface area contributed by atoms with Gasteiger partial charge in [0.05, 0.1) is 5.52 Å². The van der Waals surface area contributed by atoms with Crippen LogP contribution < -0.4 is 0 Å². The van der Waals surface area contributed by atoms with Crippen molar-refractivity contribution in [1.29, 1.82) is 0 Å². The lowest BCUT2D eigenvalue weighted by Crippen LogP contribution is -2.00. The van der Waals surface area contributed by atoms with Gasteiger partial charge in [-0.3, -0.25) is 4.40 Å². The highest BCUT2D eigenvalue weighted by atomic mass is 15.0. The van der Waals surface area contributed by atoms with Gasteiger partial charge in [-0.05, 0) is 23.6 Å². The molecule has 0 atom stereocenters. The Morgan fingerprint density at radius 2 is 1.06 bits per heavy atom. The number of rotatable bonds is 3. The lowest BCUT2D eigenvalue weighted by atomic mass is 10.0. The zero-order valence-electron chi connectivity index (χ0n) is 18.7. The van der Waals surface area contributed by atoms with Crippen LogP contribution in [0.25, 0.3) is 61.5 Å². The van der Waals surface area contributed by atoms with E-state index >= 15 is 0 Å². The summed E-state index contributed by atoms with van der Waals surface area (Å²) >= 11 is 0. The number of fused-ring (bicyclic) bond motifs is 6. The van der Waals surface area contributed by atoms with Crippen molar-refractivity contribution in [3.05, 3.63) is 116 Å². The Hall–Kier alpha value is -4.90. The van der Waals surface area contributed by atoms with E-state index in [1.165, 1.54) is 0 Å². The van der Waals surface area contributed by atoms with Gasteiger partial charge in [0.15, 0.2) is 17.5 Å². The van der Waals surface area contributed by atoms with Crippen LogP contribution in [0.3, 0.4) is 0 Å². The second-order valence-electron chi connectivity index (χ2n) is 8.44. The first-order chi connectivity index (χ1) is 17.3. The molecule has 3 aromatic heterocycles. The smallest absolute Gasteiger partial charge is 0.164 e. The Kier molecular flexibility index (Phi) is 4.39. The minimum atomic E-state index is 0.648. The highest BCUT2D eigenvalue weighted by molar-refractivity contribution is 6.12. The van der Waals surface area contributed by atoms with Gasteiger partial charge in [0, 0.05) is 39.9 Å². The van der Waals surface area contributed by atoms with Gasteiger partial charge in [0.2, 0.25) is 0 Å². The summed E-state index contributed by atoms with van der Waals surface area (Å²) in [5, 5.41) is 3.41. The van der Waals surface area contributed by atoms with E-state index in [9.17, 15) is 0 Å². The SMILES string of the molecule is c1ccc(-c2nc(-c3ccccc3)nc(-c3ccc4c(c3)c3ccccc3c3nccn43)n2)cc1. The number of hydrogen-bond donors (Lipinski definition) is 0. The zero-order chi connectivity index (χ0) is 23.2. The molecule has 0 saturated carbocycles. The molecule has 0 aliphatic heterocycles. The molecule has 0 amide bonds. The average molecular weight is 450 g/mol. The van der Waals surface area contributed by atoms with Crippen LogP contribution in [-0.2, 0) is 0 Å². The maximum atomic E-state index is 4.90. The molecule has 3 heterocycles. The third kappa shape index (κ3) is 3.25. The highest BCUT2D eigenvalue weighted by Crippen LogP contribution is 2.32. The Morgan fingerprint density at radius 1 is 0.486 bits per heavy atom.